The number of carbonyl (C=O) groups excluding carboxylic acids is 1. The molecule has 1 aliphatic rings. The fraction of sp³-hybridized carbons (Fsp3) is 0.300. The predicted octanol–water partition coefficient (Wildman–Crippen LogP) is 2.96. The van der Waals surface area contributed by atoms with E-state index in [1.54, 1.807) is 19.3 Å². The maximum atomic E-state index is 11.6. The Labute approximate surface area is 156 Å². The first-order chi connectivity index (χ1) is 13.1. The van der Waals surface area contributed by atoms with E-state index >= 15 is 0 Å². The first-order valence-electron chi connectivity index (χ1n) is 8.84. The summed E-state index contributed by atoms with van der Waals surface area (Å²) < 4.78 is 18.5. The summed E-state index contributed by atoms with van der Waals surface area (Å²) in [5.41, 5.74) is 1.17. The largest absolute Gasteiger partial charge is 0.454 e. The SMILES string of the molecule is CNC(=O)c1ccc(Cn2ccnc2[C@@H](C)Cc2ccc3c(c2)OCO3)o1. The van der Waals surface area contributed by atoms with Gasteiger partial charge in [0.1, 0.15) is 11.6 Å². The van der Waals surface area contributed by atoms with E-state index < -0.39 is 0 Å². The molecule has 1 aromatic carbocycles. The standard InChI is InChI=1S/C20H21N3O4/c1-13(9-14-3-5-16-18(10-14)26-12-25-16)19-22-7-8-23(19)11-15-4-6-17(27-15)20(24)21-2/h3-8,10,13H,9,11-12H2,1-2H3,(H,21,24)/t13-/m0/s1. The number of hydrogen-bond acceptors (Lipinski definition) is 5. The lowest BCUT2D eigenvalue weighted by Crippen LogP contribution is -2.16. The van der Waals surface area contributed by atoms with E-state index in [2.05, 4.69) is 23.3 Å². The fourth-order valence-corrected chi connectivity index (χ4v) is 3.27. The fourth-order valence-electron chi connectivity index (χ4n) is 3.27. The van der Waals surface area contributed by atoms with Gasteiger partial charge in [0.25, 0.3) is 5.91 Å². The molecule has 0 fully saturated rings. The zero-order chi connectivity index (χ0) is 18.8. The molecule has 0 saturated carbocycles. The van der Waals surface area contributed by atoms with E-state index in [0.29, 0.717) is 18.1 Å². The molecule has 1 N–H and O–H groups in total. The Morgan fingerprint density at radius 3 is 2.96 bits per heavy atom. The van der Waals surface area contributed by atoms with Gasteiger partial charge in [-0.05, 0) is 36.2 Å². The monoisotopic (exact) mass is 367 g/mol. The van der Waals surface area contributed by atoms with Crippen molar-refractivity contribution < 1.29 is 18.7 Å². The minimum atomic E-state index is -0.233. The number of aromatic nitrogens is 2. The van der Waals surface area contributed by atoms with Gasteiger partial charge in [0.2, 0.25) is 6.79 Å². The van der Waals surface area contributed by atoms with E-state index in [1.807, 2.05) is 29.0 Å². The number of carbonyl (C=O) groups is 1. The summed E-state index contributed by atoms with van der Waals surface area (Å²) in [5.74, 6) is 3.53. The van der Waals surface area contributed by atoms with Crippen LogP contribution in [0, 0.1) is 0 Å². The van der Waals surface area contributed by atoms with Crippen molar-refractivity contribution in [1.29, 1.82) is 0 Å². The van der Waals surface area contributed by atoms with Crippen LogP contribution in [-0.4, -0.2) is 29.3 Å². The summed E-state index contributed by atoms with van der Waals surface area (Å²) in [6.45, 7) is 2.94. The van der Waals surface area contributed by atoms with Gasteiger partial charge >= 0.3 is 0 Å². The number of benzene rings is 1. The van der Waals surface area contributed by atoms with Gasteiger partial charge in [-0.1, -0.05) is 13.0 Å². The highest BCUT2D eigenvalue weighted by Gasteiger charge is 2.18. The van der Waals surface area contributed by atoms with Gasteiger partial charge in [-0.3, -0.25) is 4.79 Å². The molecular weight excluding hydrogens is 346 g/mol. The molecule has 0 bridgehead atoms. The van der Waals surface area contributed by atoms with Crippen LogP contribution in [0.5, 0.6) is 11.5 Å². The minimum Gasteiger partial charge on any atom is -0.454 e. The highest BCUT2D eigenvalue weighted by molar-refractivity contribution is 5.91. The number of ether oxygens (including phenoxy) is 2. The summed E-state index contributed by atoms with van der Waals surface area (Å²) in [6.07, 6.45) is 4.54. The molecule has 0 unspecified atom stereocenters. The lowest BCUT2D eigenvalue weighted by Gasteiger charge is -2.14. The van der Waals surface area contributed by atoms with E-state index in [4.69, 9.17) is 13.9 Å². The molecular formula is C20H21N3O4. The summed E-state index contributed by atoms with van der Waals surface area (Å²) >= 11 is 0. The van der Waals surface area contributed by atoms with Crippen LogP contribution >= 0.6 is 0 Å². The molecule has 27 heavy (non-hydrogen) atoms. The average Bonchev–Trinajstić information content (AvgIpc) is 3.41. The Bertz CT molecular complexity index is 960. The van der Waals surface area contributed by atoms with E-state index in [9.17, 15) is 4.79 Å². The van der Waals surface area contributed by atoms with Crippen molar-refractivity contribution in [2.24, 2.45) is 0 Å². The molecule has 0 spiro atoms. The second-order valence-corrected chi connectivity index (χ2v) is 6.55. The maximum absolute atomic E-state index is 11.6. The molecule has 1 atom stereocenters. The van der Waals surface area contributed by atoms with Crippen molar-refractivity contribution in [3.05, 3.63) is 65.6 Å². The molecule has 3 heterocycles. The van der Waals surface area contributed by atoms with Crippen molar-refractivity contribution in [2.75, 3.05) is 13.8 Å². The number of amides is 1. The third kappa shape index (κ3) is 3.53. The lowest BCUT2D eigenvalue weighted by molar-refractivity contribution is 0.0933. The van der Waals surface area contributed by atoms with Crippen molar-refractivity contribution in [1.82, 2.24) is 14.9 Å². The second kappa shape index (κ2) is 7.19. The van der Waals surface area contributed by atoms with Gasteiger partial charge in [0.15, 0.2) is 17.3 Å². The van der Waals surface area contributed by atoms with Crippen LogP contribution in [0.2, 0.25) is 0 Å². The van der Waals surface area contributed by atoms with Crippen molar-refractivity contribution in [3.63, 3.8) is 0 Å². The van der Waals surface area contributed by atoms with Gasteiger partial charge in [0.05, 0.1) is 6.54 Å². The molecule has 140 valence electrons. The van der Waals surface area contributed by atoms with Crippen LogP contribution in [0.25, 0.3) is 0 Å². The number of nitrogens with zero attached hydrogens (tertiary/aromatic N) is 2. The maximum Gasteiger partial charge on any atom is 0.286 e. The number of hydrogen-bond donors (Lipinski definition) is 1. The number of imidazole rings is 1. The van der Waals surface area contributed by atoms with Crippen LogP contribution in [0.1, 0.15) is 40.5 Å². The van der Waals surface area contributed by atoms with Crippen LogP contribution in [0.15, 0.2) is 47.1 Å². The van der Waals surface area contributed by atoms with Crippen LogP contribution in [0.4, 0.5) is 0 Å². The van der Waals surface area contributed by atoms with Gasteiger partial charge < -0.3 is 23.8 Å². The van der Waals surface area contributed by atoms with Crippen molar-refractivity contribution in [3.8, 4) is 11.5 Å². The number of fused-ring (bicyclic) bond motifs is 1. The van der Waals surface area contributed by atoms with Gasteiger partial charge in [-0.15, -0.1) is 0 Å². The lowest BCUT2D eigenvalue weighted by atomic mass is 10.00. The Morgan fingerprint density at radius 2 is 2.11 bits per heavy atom. The zero-order valence-corrected chi connectivity index (χ0v) is 15.3. The van der Waals surface area contributed by atoms with Gasteiger partial charge in [-0.25, -0.2) is 4.98 Å². The second-order valence-electron chi connectivity index (χ2n) is 6.55. The Morgan fingerprint density at radius 1 is 1.26 bits per heavy atom. The minimum absolute atomic E-state index is 0.203. The molecule has 0 aliphatic carbocycles. The zero-order valence-electron chi connectivity index (χ0n) is 15.3. The first-order valence-corrected chi connectivity index (χ1v) is 8.84. The van der Waals surface area contributed by atoms with Gasteiger partial charge in [0, 0.05) is 25.4 Å². The number of rotatable bonds is 6. The predicted molar refractivity (Wildman–Crippen MR) is 98.1 cm³/mol. The first kappa shape index (κ1) is 17.2. The molecule has 0 radical (unpaired) electrons. The highest BCUT2D eigenvalue weighted by atomic mass is 16.7. The van der Waals surface area contributed by atoms with E-state index in [1.165, 1.54) is 5.56 Å². The normalized spacial score (nSPS) is 13.6. The highest BCUT2D eigenvalue weighted by Crippen LogP contribution is 2.33. The Hall–Kier alpha value is -3.22. The number of nitrogens with one attached hydrogen (secondary N) is 1. The van der Waals surface area contributed by atoms with Crippen molar-refractivity contribution >= 4 is 5.91 Å². The smallest absolute Gasteiger partial charge is 0.286 e. The molecule has 1 aliphatic heterocycles. The molecule has 0 saturated heterocycles. The quantitative estimate of drug-likeness (QED) is 0.725. The summed E-state index contributed by atoms with van der Waals surface area (Å²) in [6, 6.07) is 9.52. The van der Waals surface area contributed by atoms with Crippen LogP contribution < -0.4 is 14.8 Å². The summed E-state index contributed by atoms with van der Waals surface area (Å²) in [4.78, 5) is 16.2. The van der Waals surface area contributed by atoms with Crippen LogP contribution in [-0.2, 0) is 13.0 Å². The Balaban J connectivity index is 1.48. The Kier molecular flexibility index (Phi) is 4.58. The van der Waals surface area contributed by atoms with Crippen molar-refractivity contribution in [2.45, 2.75) is 25.8 Å². The molecule has 3 aromatic rings. The van der Waals surface area contributed by atoms with Crippen LogP contribution in [0.3, 0.4) is 0 Å². The third-order valence-electron chi connectivity index (χ3n) is 4.61. The summed E-state index contributed by atoms with van der Waals surface area (Å²) in [5, 5.41) is 2.56. The molecule has 7 nitrogen and oxygen atoms in total. The van der Waals surface area contributed by atoms with E-state index in [-0.39, 0.29) is 18.6 Å². The number of furan rings is 1. The van der Waals surface area contributed by atoms with E-state index in [0.717, 1.165) is 23.7 Å². The summed E-state index contributed by atoms with van der Waals surface area (Å²) in [7, 11) is 1.58. The molecule has 2 aromatic heterocycles. The topological polar surface area (TPSA) is 78.5 Å². The van der Waals surface area contributed by atoms with Gasteiger partial charge in [-0.2, -0.15) is 0 Å². The third-order valence-corrected chi connectivity index (χ3v) is 4.61. The average molecular weight is 367 g/mol. The molecule has 7 heteroatoms. The molecule has 1 amide bonds. The molecule has 4 rings (SSSR count).